The molecule has 0 bridgehead atoms. The number of hydrogen-bond acceptors (Lipinski definition) is 5. The molecule has 0 radical (unpaired) electrons. The van der Waals surface area contributed by atoms with E-state index in [2.05, 4.69) is 58.6 Å². The van der Waals surface area contributed by atoms with Gasteiger partial charge in [-0.1, -0.05) is 55.3 Å². The lowest BCUT2D eigenvalue weighted by Crippen LogP contribution is -2.44. The van der Waals surface area contributed by atoms with Crippen molar-refractivity contribution in [3.63, 3.8) is 0 Å². The smallest absolute Gasteiger partial charge is 0.237 e. The van der Waals surface area contributed by atoms with E-state index in [1.165, 1.54) is 24.8 Å². The summed E-state index contributed by atoms with van der Waals surface area (Å²) >= 11 is 0. The summed E-state index contributed by atoms with van der Waals surface area (Å²) in [6, 6.07) is 10.3. The molecule has 1 amide bonds. The molecule has 7 heteroatoms. The SMILES string of the molecule is CC1=C(CCN2C[C@@H](n3cnnn3)C[C@H]2C(=O)NCCc2ccccc2)C(C)(C)CCC1. The van der Waals surface area contributed by atoms with Crippen LogP contribution in [0, 0.1) is 5.41 Å². The monoisotopic (exact) mass is 436 g/mol. The first kappa shape index (κ1) is 22.6. The first-order valence-electron chi connectivity index (χ1n) is 11.9. The van der Waals surface area contributed by atoms with Crippen molar-refractivity contribution in [3.8, 4) is 0 Å². The number of carbonyl (C=O) groups is 1. The average molecular weight is 437 g/mol. The van der Waals surface area contributed by atoms with E-state index in [0.29, 0.717) is 6.54 Å². The van der Waals surface area contributed by atoms with Crippen molar-refractivity contribution in [2.75, 3.05) is 19.6 Å². The summed E-state index contributed by atoms with van der Waals surface area (Å²) in [6.07, 6.45) is 8.00. The number of rotatable bonds is 8. The number of carbonyl (C=O) groups excluding carboxylic acids is 1. The molecule has 2 atom stereocenters. The first-order valence-corrected chi connectivity index (χ1v) is 11.9. The van der Waals surface area contributed by atoms with E-state index in [0.717, 1.165) is 32.4 Å². The summed E-state index contributed by atoms with van der Waals surface area (Å²) in [7, 11) is 0. The Bertz CT molecular complexity index is 921. The van der Waals surface area contributed by atoms with Crippen LogP contribution in [0.2, 0.25) is 0 Å². The fourth-order valence-electron chi connectivity index (χ4n) is 5.50. The average Bonchev–Trinajstić information content (AvgIpc) is 3.44. The van der Waals surface area contributed by atoms with Crippen molar-refractivity contribution < 1.29 is 4.79 Å². The van der Waals surface area contributed by atoms with E-state index in [4.69, 9.17) is 0 Å². The van der Waals surface area contributed by atoms with Crippen molar-refractivity contribution in [2.24, 2.45) is 5.41 Å². The number of hydrogen-bond donors (Lipinski definition) is 1. The third-order valence-electron chi connectivity index (χ3n) is 7.31. The van der Waals surface area contributed by atoms with Crippen LogP contribution in [0.1, 0.15) is 64.5 Å². The molecule has 2 heterocycles. The van der Waals surface area contributed by atoms with Crippen LogP contribution < -0.4 is 5.32 Å². The fraction of sp³-hybridized carbons (Fsp3) is 0.600. The van der Waals surface area contributed by atoms with Gasteiger partial charge in [0, 0.05) is 19.6 Å². The fourth-order valence-corrected chi connectivity index (χ4v) is 5.50. The molecule has 2 aromatic rings. The molecule has 0 unspecified atom stereocenters. The summed E-state index contributed by atoms with van der Waals surface area (Å²) in [5.74, 6) is 0.116. The van der Waals surface area contributed by atoms with E-state index in [9.17, 15) is 4.79 Å². The number of nitrogens with one attached hydrogen (secondary N) is 1. The van der Waals surface area contributed by atoms with E-state index in [-0.39, 0.29) is 23.4 Å². The van der Waals surface area contributed by atoms with Crippen molar-refractivity contribution in [1.29, 1.82) is 0 Å². The van der Waals surface area contributed by atoms with Crippen LogP contribution in [0.3, 0.4) is 0 Å². The molecule has 0 spiro atoms. The van der Waals surface area contributed by atoms with Crippen LogP contribution in [-0.2, 0) is 11.2 Å². The lowest BCUT2D eigenvalue weighted by Gasteiger charge is -2.36. The number of aromatic nitrogens is 4. The molecule has 0 saturated carbocycles. The quantitative estimate of drug-likeness (QED) is 0.641. The lowest BCUT2D eigenvalue weighted by molar-refractivity contribution is -0.125. The Balaban J connectivity index is 1.41. The number of amides is 1. The maximum atomic E-state index is 13.2. The van der Waals surface area contributed by atoms with Gasteiger partial charge in [-0.15, -0.1) is 5.10 Å². The molecule has 1 aromatic carbocycles. The van der Waals surface area contributed by atoms with Gasteiger partial charge in [-0.3, -0.25) is 9.69 Å². The van der Waals surface area contributed by atoms with Gasteiger partial charge in [0.25, 0.3) is 0 Å². The minimum absolute atomic E-state index is 0.116. The molecular formula is C25H36N6O. The maximum absolute atomic E-state index is 13.2. The molecule has 172 valence electrons. The second-order valence-corrected chi connectivity index (χ2v) is 9.96. The zero-order valence-corrected chi connectivity index (χ0v) is 19.6. The molecule has 2 aliphatic rings. The van der Waals surface area contributed by atoms with E-state index in [1.807, 2.05) is 18.2 Å². The zero-order valence-electron chi connectivity index (χ0n) is 19.6. The third kappa shape index (κ3) is 5.26. The molecule has 1 aromatic heterocycles. The highest BCUT2D eigenvalue weighted by Gasteiger charge is 2.38. The van der Waals surface area contributed by atoms with Crippen molar-refractivity contribution in [2.45, 2.75) is 71.4 Å². The van der Waals surface area contributed by atoms with Crippen molar-refractivity contribution in [1.82, 2.24) is 30.4 Å². The summed E-state index contributed by atoms with van der Waals surface area (Å²) in [5, 5.41) is 14.9. The predicted molar refractivity (Wildman–Crippen MR) is 125 cm³/mol. The molecular weight excluding hydrogens is 400 g/mol. The topological polar surface area (TPSA) is 75.9 Å². The van der Waals surface area contributed by atoms with Crippen molar-refractivity contribution in [3.05, 3.63) is 53.4 Å². The van der Waals surface area contributed by atoms with Gasteiger partial charge in [-0.25, -0.2) is 4.68 Å². The molecule has 32 heavy (non-hydrogen) atoms. The summed E-state index contributed by atoms with van der Waals surface area (Å²) in [5.41, 5.74) is 4.62. The van der Waals surface area contributed by atoms with Crippen molar-refractivity contribution >= 4 is 5.91 Å². The normalized spacial score (nSPS) is 23.5. The number of nitrogens with zero attached hydrogens (tertiary/aromatic N) is 5. The van der Waals surface area contributed by atoms with Gasteiger partial charge in [0.2, 0.25) is 5.91 Å². The standard InChI is InChI=1S/C25H36N6O/c1-19-8-7-13-25(2,3)22(19)12-15-30-17-21(31-18-27-28-29-31)16-23(30)24(32)26-14-11-20-9-5-4-6-10-20/h4-6,9-10,18,21,23H,7-8,11-17H2,1-3H3,(H,26,32)/t21-,23-/m0/s1. The van der Waals surface area contributed by atoms with Crippen LogP contribution in [0.15, 0.2) is 47.8 Å². The van der Waals surface area contributed by atoms with Crippen LogP contribution in [-0.4, -0.2) is 56.7 Å². The van der Waals surface area contributed by atoms with Gasteiger partial charge in [0.05, 0.1) is 12.1 Å². The maximum Gasteiger partial charge on any atom is 0.237 e. The third-order valence-corrected chi connectivity index (χ3v) is 7.31. The van der Waals surface area contributed by atoms with Gasteiger partial charge in [-0.05, 0) is 66.9 Å². The van der Waals surface area contributed by atoms with Crippen LogP contribution in [0.25, 0.3) is 0 Å². The van der Waals surface area contributed by atoms with Gasteiger partial charge in [-0.2, -0.15) is 0 Å². The second kappa shape index (κ2) is 9.94. The molecule has 1 fully saturated rings. The molecule has 4 rings (SSSR count). The van der Waals surface area contributed by atoms with Gasteiger partial charge < -0.3 is 5.32 Å². The van der Waals surface area contributed by atoms with Gasteiger partial charge in [0.15, 0.2) is 0 Å². The Hall–Kier alpha value is -2.54. The largest absolute Gasteiger partial charge is 0.354 e. The Kier molecular flexibility index (Phi) is 7.04. The highest BCUT2D eigenvalue weighted by Crippen LogP contribution is 2.42. The van der Waals surface area contributed by atoms with E-state index >= 15 is 0 Å². The number of likely N-dealkylation sites (tertiary alicyclic amines) is 1. The molecule has 1 saturated heterocycles. The Morgan fingerprint density at radius 3 is 2.75 bits per heavy atom. The van der Waals surface area contributed by atoms with Crippen LogP contribution >= 0.6 is 0 Å². The summed E-state index contributed by atoms with van der Waals surface area (Å²) in [4.78, 5) is 15.5. The molecule has 7 nitrogen and oxygen atoms in total. The second-order valence-electron chi connectivity index (χ2n) is 9.96. The minimum atomic E-state index is -0.146. The number of tetrazole rings is 1. The highest BCUT2D eigenvalue weighted by atomic mass is 16.2. The van der Waals surface area contributed by atoms with E-state index in [1.54, 1.807) is 22.2 Å². The van der Waals surface area contributed by atoms with Gasteiger partial charge >= 0.3 is 0 Å². The summed E-state index contributed by atoms with van der Waals surface area (Å²) < 4.78 is 1.80. The first-order chi connectivity index (χ1) is 15.4. The molecule has 1 N–H and O–H groups in total. The van der Waals surface area contributed by atoms with Crippen LogP contribution in [0.5, 0.6) is 0 Å². The Morgan fingerprint density at radius 1 is 1.22 bits per heavy atom. The Morgan fingerprint density at radius 2 is 2.03 bits per heavy atom. The highest BCUT2D eigenvalue weighted by molar-refractivity contribution is 5.82. The summed E-state index contributed by atoms with van der Waals surface area (Å²) in [6.45, 7) is 9.37. The number of benzene rings is 1. The van der Waals surface area contributed by atoms with Crippen LogP contribution in [0.4, 0.5) is 0 Å². The minimum Gasteiger partial charge on any atom is -0.354 e. The number of allylic oxidation sites excluding steroid dienone is 1. The molecule has 1 aliphatic heterocycles. The molecule has 1 aliphatic carbocycles. The predicted octanol–water partition coefficient (Wildman–Crippen LogP) is 3.56. The Labute approximate surface area is 191 Å². The van der Waals surface area contributed by atoms with E-state index < -0.39 is 0 Å². The lowest BCUT2D eigenvalue weighted by atomic mass is 9.71. The zero-order chi connectivity index (χ0) is 22.6. The van der Waals surface area contributed by atoms with Gasteiger partial charge in [0.1, 0.15) is 6.33 Å².